The van der Waals surface area contributed by atoms with E-state index in [1.807, 2.05) is 0 Å². The Morgan fingerprint density at radius 1 is 1.61 bits per heavy atom. The Balaban J connectivity index is 2.88. The van der Waals surface area contributed by atoms with Gasteiger partial charge in [-0.1, -0.05) is 0 Å². The van der Waals surface area contributed by atoms with Crippen molar-refractivity contribution in [1.82, 2.24) is 9.55 Å². The second-order valence-electron chi connectivity index (χ2n) is 5.04. The molecule has 102 valence electrons. The molecule has 8 heteroatoms. The van der Waals surface area contributed by atoms with Crippen LogP contribution >= 0.6 is 11.6 Å². The lowest BCUT2D eigenvalue weighted by Crippen LogP contribution is -2.35. The van der Waals surface area contributed by atoms with Gasteiger partial charge in [-0.3, -0.25) is 0 Å². The highest BCUT2D eigenvalue weighted by atomic mass is 35.5. The molecule has 0 aliphatic heterocycles. The number of aromatic nitrogens is 2. The van der Waals surface area contributed by atoms with Crippen LogP contribution < -0.4 is 0 Å². The van der Waals surface area contributed by atoms with E-state index >= 15 is 0 Å². The zero-order valence-electron chi connectivity index (χ0n) is 11.0. The van der Waals surface area contributed by atoms with Crippen LogP contribution in [-0.2, 0) is 11.0 Å². The van der Waals surface area contributed by atoms with E-state index in [1.165, 1.54) is 10.8 Å². The zero-order valence-corrected chi connectivity index (χ0v) is 12.8. The van der Waals surface area contributed by atoms with Crippen molar-refractivity contribution in [1.29, 1.82) is 0 Å². The Kier molecular flexibility index (Phi) is 4.89. The molecule has 0 aromatic carbocycles. The van der Waals surface area contributed by atoms with Crippen LogP contribution in [-0.4, -0.2) is 34.8 Å². The molecule has 0 amide bonds. The van der Waals surface area contributed by atoms with Crippen molar-refractivity contribution in [3.8, 4) is 0 Å². The van der Waals surface area contributed by atoms with Gasteiger partial charge in [-0.05, 0) is 24.6 Å². The molecule has 1 atom stereocenters. The Bertz CT molecular complexity index is 430. The van der Waals surface area contributed by atoms with E-state index in [0.29, 0.717) is 18.2 Å². The molecule has 0 bridgehead atoms. The molecule has 1 rings (SSSR count). The van der Waals surface area contributed by atoms with Crippen LogP contribution in [0.25, 0.3) is 0 Å². The number of aryl methyl sites for hydroxylation is 1. The van der Waals surface area contributed by atoms with Gasteiger partial charge in [0.1, 0.15) is 12.7 Å². The van der Waals surface area contributed by atoms with Gasteiger partial charge >= 0.3 is 5.82 Å². The summed E-state index contributed by atoms with van der Waals surface area (Å²) in [5.74, 6) is 0.872. The van der Waals surface area contributed by atoms with Gasteiger partial charge in [0.25, 0.3) is 0 Å². The largest absolute Gasteiger partial charge is 0.410 e. The number of halogens is 1. The molecule has 0 saturated carbocycles. The number of hydrogen-bond donors (Lipinski definition) is 0. The summed E-state index contributed by atoms with van der Waals surface area (Å²) >= 11 is 5.87. The number of nitro groups is 1. The fourth-order valence-electron chi connectivity index (χ4n) is 1.65. The van der Waals surface area contributed by atoms with Crippen LogP contribution in [0.2, 0.25) is 19.6 Å². The normalized spacial score (nSPS) is 13.6. The summed E-state index contributed by atoms with van der Waals surface area (Å²) in [4.78, 5) is 14.4. The summed E-state index contributed by atoms with van der Waals surface area (Å²) < 4.78 is 7.42. The standard InChI is InChI=1S/C10H18ClN3O3Si/c1-8-12-6-10(14(15)16)13(8)7-9(5-11)17-18(2,3)4/h6,9H,5,7H2,1-4H3. The molecule has 0 fully saturated rings. The topological polar surface area (TPSA) is 70.2 Å². The van der Waals surface area contributed by atoms with Crippen LogP contribution in [0.5, 0.6) is 0 Å². The summed E-state index contributed by atoms with van der Waals surface area (Å²) in [7, 11) is -1.72. The highest BCUT2D eigenvalue weighted by molar-refractivity contribution is 6.69. The Morgan fingerprint density at radius 2 is 2.22 bits per heavy atom. The maximum absolute atomic E-state index is 10.9. The summed E-state index contributed by atoms with van der Waals surface area (Å²) in [6.45, 7) is 8.26. The Morgan fingerprint density at radius 3 is 2.67 bits per heavy atom. The maximum atomic E-state index is 10.9. The lowest BCUT2D eigenvalue weighted by atomic mass is 10.4. The van der Waals surface area contributed by atoms with Crippen LogP contribution in [0.15, 0.2) is 6.20 Å². The van der Waals surface area contributed by atoms with E-state index in [0.717, 1.165) is 0 Å². The summed E-state index contributed by atoms with van der Waals surface area (Å²) in [5.41, 5.74) is 0. The molecule has 0 N–H and O–H groups in total. The van der Waals surface area contributed by atoms with Crippen molar-refractivity contribution < 1.29 is 9.35 Å². The Labute approximate surface area is 112 Å². The lowest BCUT2D eigenvalue weighted by molar-refractivity contribution is -0.392. The van der Waals surface area contributed by atoms with E-state index in [4.69, 9.17) is 16.0 Å². The van der Waals surface area contributed by atoms with E-state index in [1.54, 1.807) is 6.92 Å². The SMILES string of the molecule is Cc1ncc([N+](=O)[O-])n1CC(CCl)O[Si](C)(C)C. The van der Waals surface area contributed by atoms with Gasteiger partial charge in [0.15, 0.2) is 14.1 Å². The molecule has 0 saturated heterocycles. The van der Waals surface area contributed by atoms with E-state index in [2.05, 4.69) is 24.6 Å². The van der Waals surface area contributed by atoms with Gasteiger partial charge in [-0.15, -0.1) is 11.6 Å². The molecule has 1 aromatic rings. The van der Waals surface area contributed by atoms with Crippen LogP contribution in [0.1, 0.15) is 5.82 Å². The summed E-state index contributed by atoms with van der Waals surface area (Å²) in [6.07, 6.45) is 1.03. The third-order valence-corrected chi connectivity index (χ3v) is 3.68. The van der Waals surface area contributed by atoms with Crippen molar-refractivity contribution in [2.24, 2.45) is 0 Å². The highest BCUT2D eigenvalue weighted by Crippen LogP contribution is 2.17. The lowest BCUT2D eigenvalue weighted by Gasteiger charge is -2.24. The molecule has 18 heavy (non-hydrogen) atoms. The minimum atomic E-state index is -1.72. The van der Waals surface area contributed by atoms with Gasteiger partial charge in [-0.2, -0.15) is 0 Å². The smallest absolute Gasteiger partial charge is 0.342 e. The zero-order chi connectivity index (χ0) is 13.9. The molecular weight excluding hydrogens is 274 g/mol. The molecule has 0 radical (unpaired) electrons. The number of hydrogen-bond acceptors (Lipinski definition) is 4. The van der Waals surface area contributed by atoms with E-state index in [-0.39, 0.29) is 11.9 Å². The van der Waals surface area contributed by atoms with Crippen molar-refractivity contribution in [3.05, 3.63) is 22.1 Å². The average molecular weight is 292 g/mol. The highest BCUT2D eigenvalue weighted by Gasteiger charge is 2.26. The number of rotatable bonds is 6. The number of nitrogens with zero attached hydrogens (tertiary/aromatic N) is 3. The first-order valence-corrected chi connectivity index (χ1v) is 9.59. The van der Waals surface area contributed by atoms with Gasteiger partial charge in [0, 0.05) is 6.92 Å². The molecule has 6 nitrogen and oxygen atoms in total. The fourth-order valence-corrected chi connectivity index (χ4v) is 3.07. The molecule has 0 aliphatic carbocycles. The van der Waals surface area contributed by atoms with Crippen molar-refractivity contribution in [3.63, 3.8) is 0 Å². The molecule has 0 aliphatic rings. The van der Waals surface area contributed by atoms with Crippen molar-refractivity contribution in [2.75, 3.05) is 5.88 Å². The molecule has 1 aromatic heterocycles. The van der Waals surface area contributed by atoms with Gasteiger partial charge in [-0.25, -0.2) is 9.55 Å². The molecular formula is C10H18ClN3O3Si. The van der Waals surface area contributed by atoms with Gasteiger partial charge in [0.05, 0.1) is 12.0 Å². The predicted octanol–water partition coefficient (Wildman–Crippen LogP) is 2.56. The van der Waals surface area contributed by atoms with E-state index < -0.39 is 13.2 Å². The van der Waals surface area contributed by atoms with Crippen LogP contribution in [0.4, 0.5) is 5.82 Å². The first kappa shape index (κ1) is 15.1. The third kappa shape index (κ3) is 4.07. The van der Waals surface area contributed by atoms with E-state index in [9.17, 15) is 10.1 Å². The minimum absolute atomic E-state index is 0.0261. The van der Waals surface area contributed by atoms with Gasteiger partial charge < -0.3 is 14.5 Å². The van der Waals surface area contributed by atoms with Crippen LogP contribution in [0, 0.1) is 17.0 Å². The molecule has 1 heterocycles. The Hall–Kier alpha value is -0.923. The first-order valence-electron chi connectivity index (χ1n) is 5.65. The van der Waals surface area contributed by atoms with Crippen molar-refractivity contribution >= 4 is 25.7 Å². The monoisotopic (exact) mass is 291 g/mol. The molecule has 0 spiro atoms. The summed E-state index contributed by atoms with van der Waals surface area (Å²) in [5, 5.41) is 10.9. The van der Waals surface area contributed by atoms with Crippen LogP contribution in [0.3, 0.4) is 0 Å². The third-order valence-electron chi connectivity index (χ3n) is 2.30. The predicted molar refractivity (Wildman–Crippen MR) is 72.6 cm³/mol. The number of alkyl halides is 1. The second-order valence-corrected chi connectivity index (χ2v) is 9.81. The quantitative estimate of drug-likeness (QED) is 0.349. The first-order chi connectivity index (χ1) is 8.24. The average Bonchev–Trinajstić information content (AvgIpc) is 2.57. The second kappa shape index (κ2) is 5.81. The number of imidazole rings is 1. The maximum Gasteiger partial charge on any atom is 0.342 e. The molecule has 1 unspecified atom stereocenters. The minimum Gasteiger partial charge on any atom is -0.410 e. The fraction of sp³-hybridized carbons (Fsp3) is 0.700. The summed E-state index contributed by atoms with van der Waals surface area (Å²) in [6, 6.07) is 0. The van der Waals surface area contributed by atoms with Gasteiger partial charge in [0.2, 0.25) is 0 Å². The van der Waals surface area contributed by atoms with Crippen molar-refractivity contribution in [2.45, 2.75) is 39.2 Å².